The molecular formula is C15H19N5O6S. The van der Waals surface area contributed by atoms with E-state index in [2.05, 4.69) is 15.0 Å². The van der Waals surface area contributed by atoms with E-state index in [0.29, 0.717) is 6.42 Å². The SMILES string of the molecule is CN1C(=O)C(N=Nc2ccc(S(=O)(=O)NCCCO)cc2)C(=O)N(C)C1=O. The van der Waals surface area contributed by atoms with Crippen LogP contribution < -0.4 is 4.72 Å². The van der Waals surface area contributed by atoms with Gasteiger partial charge in [-0.1, -0.05) is 0 Å². The number of carbonyl (C=O) groups excluding carboxylic acids is 3. The van der Waals surface area contributed by atoms with Crippen LogP contribution in [0, 0.1) is 0 Å². The highest BCUT2D eigenvalue weighted by Crippen LogP contribution is 2.19. The van der Waals surface area contributed by atoms with Gasteiger partial charge in [-0.25, -0.2) is 17.9 Å². The number of sulfonamides is 1. The van der Waals surface area contributed by atoms with E-state index in [-0.39, 0.29) is 23.7 Å². The highest BCUT2D eigenvalue weighted by Gasteiger charge is 2.42. The Morgan fingerprint density at radius 1 is 1.07 bits per heavy atom. The monoisotopic (exact) mass is 397 g/mol. The number of aliphatic hydroxyl groups is 1. The first-order valence-corrected chi connectivity index (χ1v) is 9.38. The molecule has 146 valence electrons. The van der Waals surface area contributed by atoms with Crippen molar-refractivity contribution in [1.29, 1.82) is 0 Å². The maximum Gasteiger partial charge on any atom is 0.333 e. The fraction of sp³-hybridized carbons (Fsp3) is 0.400. The van der Waals surface area contributed by atoms with Crippen LogP contribution in [0.2, 0.25) is 0 Å². The van der Waals surface area contributed by atoms with Crippen molar-refractivity contribution in [2.24, 2.45) is 10.2 Å². The number of urea groups is 1. The Morgan fingerprint density at radius 2 is 1.63 bits per heavy atom. The van der Waals surface area contributed by atoms with Gasteiger partial charge in [-0.15, -0.1) is 0 Å². The first-order valence-electron chi connectivity index (χ1n) is 7.89. The van der Waals surface area contributed by atoms with Gasteiger partial charge in [-0.05, 0) is 30.7 Å². The molecule has 0 atom stereocenters. The Kier molecular flexibility index (Phi) is 6.36. The maximum atomic E-state index is 12.0. The third-order valence-corrected chi connectivity index (χ3v) is 5.24. The smallest absolute Gasteiger partial charge is 0.333 e. The Labute approximate surface area is 155 Å². The van der Waals surface area contributed by atoms with Gasteiger partial charge in [0.1, 0.15) is 0 Å². The minimum Gasteiger partial charge on any atom is -0.396 e. The molecule has 2 rings (SSSR count). The van der Waals surface area contributed by atoms with E-state index in [0.717, 1.165) is 9.80 Å². The lowest BCUT2D eigenvalue weighted by Gasteiger charge is -2.30. The van der Waals surface area contributed by atoms with Gasteiger partial charge in [-0.3, -0.25) is 19.4 Å². The van der Waals surface area contributed by atoms with Gasteiger partial charge in [0, 0.05) is 27.2 Å². The Hall–Kier alpha value is -2.70. The van der Waals surface area contributed by atoms with Crippen LogP contribution in [0.25, 0.3) is 0 Å². The predicted molar refractivity (Wildman–Crippen MR) is 92.6 cm³/mol. The number of azo groups is 1. The molecule has 0 saturated carbocycles. The average Bonchev–Trinajstić information content (AvgIpc) is 2.65. The molecule has 4 amide bonds. The fourth-order valence-electron chi connectivity index (χ4n) is 2.17. The van der Waals surface area contributed by atoms with Gasteiger partial charge in [0.2, 0.25) is 16.1 Å². The minimum atomic E-state index is -3.72. The summed E-state index contributed by atoms with van der Waals surface area (Å²) in [6.45, 7) is -0.0254. The summed E-state index contributed by atoms with van der Waals surface area (Å²) in [6.07, 6.45) is 0.292. The van der Waals surface area contributed by atoms with Crippen molar-refractivity contribution in [2.75, 3.05) is 27.2 Å². The highest BCUT2D eigenvalue weighted by molar-refractivity contribution is 7.89. The number of barbiturate groups is 1. The highest BCUT2D eigenvalue weighted by atomic mass is 32.2. The van der Waals surface area contributed by atoms with Gasteiger partial charge >= 0.3 is 6.03 Å². The van der Waals surface area contributed by atoms with Gasteiger partial charge < -0.3 is 5.11 Å². The van der Waals surface area contributed by atoms with E-state index in [9.17, 15) is 22.8 Å². The summed E-state index contributed by atoms with van der Waals surface area (Å²) in [7, 11) is -1.24. The van der Waals surface area contributed by atoms with Crippen molar-refractivity contribution in [1.82, 2.24) is 14.5 Å². The number of hydrogen-bond donors (Lipinski definition) is 2. The Morgan fingerprint density at radius 3 is 2.15 bits per heavy atom. The fourth-order valence-corrected chi connectivity index (χ4v) is 3.24. The van der Waals surface area contributed by atoms with Crippen LogP contribution in [-0.4, -0.2) is 74.5 Å². The van der Waals surface area contributed by atoms with Gasteiger partial charge in [0.05, 0.1) is 10.6 Å². The summed E-state index contributed by atoms with van der Waals surface area (Å²) < 4.78 is 26.4. The third-order valence-electron chi connectivity index (χ3n) is 3.77. The zero-order valence-corrected chi connectivity index (χ0v) is 15.5. The van der Waals surface area contributed by atoms with Crippen LogP contribution in [0.1, 0.15) is 6.42 Å². The summed E-state index contributed by atoms with van der Waals surface area (Å²) in [6, 6.07) is 3.09. The molecule has 0 aromatic heterocycles. The number of carbonyl (C=O) groups is 3. The van der Waals surface area contributed by atoms with E-state index in [1.54, 1.807) is 0 Å². The largest absolute Gasteiger partial charge is 0.396 e. The van der Waals surface area contributed by atoms with E-state index < -0.39 is 33.9 Å². The summed E-state index contributed by atoms with van der Waals surface area (Å²) in [5.74, 6) is -1.58. The van der Waals surface area contributed by atoms with Crippen molar-refractivity contribution in [3.63, 3.8) is 0 Å². The molecule has 0 aliphatic carbocycles. The number of benzene rings is 1. The summed E-state index contributed by atoms with van der Waals surface area (Å²) >= 11 is 0. The molecular weight excluding hydrogens is 378 g/mol. The van der Waals surface area contributed by atoms with E-state index >= 15 is 0 Å². The zero-order chi connectivity index (χ0) is 20.2. The van der Waals surface area contributed by atoms with Crippen LogP contribution in [0.5, 0.6) is 0 Å². The predicted octanol–water partition coefficient (Wildman–Crippen LogP) is -0.150. The second-order valence-corrected chi connectivity index (χ2v) is 7.43. The van der Waals surface area contributed by atoms with Crippen molar-refractivity contribution in [2.45, 2.75) is 17.4 Å². The second-order valence-electron chi connectivity index (χ2n) is 5.66. The molecule has 0 bridgehead atoms. The molecule has 2 N–H and O–H groups in total. The number of nitrogens with one attached hydrogen (secondary N) is 1. The van der Waals surface area contributed by atoms with Crippen LogP contribution in [0.15, 0.2) is 39.4 Å². The quantitative estimate of drug-likeness (QED) is 0.371. The van der Waals surface area contributed by atoms with Gasteiger partial charge in [0.15, 0.2) is 0 Å². The lowest BCUT2D eigenvalue weighted by molar-refractivity contribution is -0.143. The number of rotatable bonds is 7. The first-order chi connectivity index (χ1) is 12.7. The summed E-state index contributed by atoms with van der Waals surface area (Å²) in [5.41, 5.74) is 0.229. The van der Waals surface area contributed by atoms with Crippen molar-refractivity contribution < 1.29 is 27.9 Å². The molecule has 27 heavy (non-hydrogen) atoms. The number of aliphatic hydroxyl groups excluding tert-OH is 1. The molecule has 1 aromatic carbocycles. The Balaban J connectivity index is 2.13. The number of likely N-dealkylation sites (N-methyl/N-ethyl adjacent to an activating group) is 2. The standard InChI is InChI=1S/C15H19N5O6S/c1-19-13(22)12(14(23)20(2)15(19)24)18-17-10-4-6-11(7-5-10)27(25,26)16-8-3-9-21/h4-7,12,16,21H,3,8-9H2,1-2H3. The number of hydrogen-bond acceptors (Lipinski definition) is 8. The molecule has 12 heteroatoms. The third kappa shape index (κ3) is 4.53. The van der Waals surface area contributed by atoms with Crippen LogP contribution in [0.4, 0.5) is 10.5 Å². The number of amides is 4. The number of imide groups is 2. The lowest BCUT2D eigenvalue weighted by atomic mass is 10.2. The molecule has 1 saturated heterocycles. The lowest BCUT2D eigenvalue weighted by Crippen LogP contribution is -2.58. The molecule has 1 aliphatic rings. The topological polar surface area (TPSA) is 149 Å². The van der Waals surface area contributed by atoms with Gasteiger partial charge in [0.25, 0.3) is 11.8 Å². The molecule has 1 aliphatic heterocycles. The van der Waals surface area contributed by atoms with Crippen molar-refractivity contribution >= 4 is 33.6 Å². The zero-order valence-electron chi connectivity index (χ0n) is 14.7. The average molecular weight is 397 g/mol. The molecule has 1 heterocycles. The van der Waals surface area contributed by atoms with Gasteiger partial charge in [-0.2, -0.15) is 10.2 Å². The summed E-state index contributed by atoms with van der Waals surface area (Å²) in [4.78, 5) is 37.2. The van der Waals surface area contributed by atoms with Crippen LogP contribution in [0.3, 0.4) is 0 Å². The van der Waals surface area contributed by atoms with Crippen LogP contribution in [-0.2, 0) is 19.6 Å². The molecule has 11 nitrogen and oxygen atoms in total. The van der Waals surface area contributed by atoms with E-state index in [4.69, 9.17) is 5.11 Å². The number of nitrogens with zero attached hydrogens (tertiary/aromatic N) is 4. The molecule has 1 fully saturated rings. The summed E-state index contributed by atoms with van der Waals surface area (Å²) in [5, 5.41) is 16.2. The van der Waals surface area contributed by atoms with Crippen molar-refractivity contribution in [3.8, 4) is 0 Å². The first kappa shape index (κ1) is 20.6. The Bertz CT molecular complexity index is 843. The van der Waals surface area contributed by atoms with Crippen LogP contribution >= 0.6 is 0 Å². The van der Waals surface area contributed by atoms with E-state index in [1.807, 2.05) is 0 Å². The molecule has 1 aromatic rings. The molecule has 0 unspecified atom stereocenters. The normalized spacial score (nSPS) is 16.6. The molecule has 0 spiro atoms. The molecule has 0 radical (unpaired) electrons. The van der Waals surface area contributed by atoms with Crippen molar-refractivity contribution in [3.05, 3.63) is 24.3 Å². The second kappa shape index (κ2) is 8.33. The van der Waals surface area contributed by atoms with E-state index in [1.165, 1.54) is 38.4 Å². The minimum absolute atomic E-state index is 0.00530. The maximum absolute atomic E-state index is 12.0.